The average molecular weight is 324 g/mol. The lowest BCUT2D eigenvalue weighted by Crippen LogP contribution is -2.16. The molecule has 0 aliphatic heterocycles. The van der Waals surface area contributed by atoms with E-state index in [0.717, 1.165) is 24.1 Å². The molecule has 1 saturated carbocycles. The molecule has 0 radical (unpaired) electrons. The fraction of sp³-hybridized carbons (Fsp3) is 0.235. The molecule has 7 nitrogen and oxygen atoms in total. The number of nitrogens with zero attached hydrogens (tertiary/aromatic N) is 2. The van der Waals surface area contributed by atoms with E-state index in [0.29, 0.717) is 28.3 Å². The first-order valence-corrected chi connectivity index (χ1v) is 7.66. The van der Waals surface area contributed by atoms with Crippen LogP contribution in [0.4, 0.5) is 5.82 Å². The van der Waals surface area contributed by atoms with Crippen molar-refractivity contribution in [3.63, 3.8) is 0 Å². The predicted octanol–water partition coefficient (Wildman–Crippen LogP) is 2.10. The lowest BCUT2D eigenvalue weighted by atomic mass is 10.1. The van der Waals surface area contributed by atoms with Crippen molar-refractivity contribution >= 4 is 22.7 Å². The van der Waals surface area contributed by atoms with Gasteiger partial charge in [0.25, 0.3) is 5.56 Å². The molecule has 0 saturated heterocycles. The lowest BCUT2D eigenvalue weighted by molar-refractivity contribution is 0.0602. The highest BCUT2D eigenvalue weighted by Gasteiger charge is 2.24. The smallest absolute Gasteiger partial charge is 0.340 e. The summed E-state index contributed by atoms with van der Waals surface area (Å²) in [7, 11) is 1.32. The number of esters is 1. The maximum Gasteiger partial charge on any atom is 0.340 e. The molecule has 0 amide bonds. The number of methoxy groups -OCH3 is 1. The molecule has 7 heteroatoms. The van der Waals surface area contributed by atoms with Crippen LogP contribution in [0.15, 0.2) is 35.4 Å². The van der Waals surface area contributed by atoms with E-state index in [-0.39, 0.29) is 5.56 Å². The Bertz CT molecular complexity index is 1010. The summed E-state index contributed by atoms with van der Waals surface area (Å²) in [4.78, 5) is 31.1. The molecule has 24 heavy (non-hydrogen) atoms. The third-order valence-corrected chi connectivity index (χ3v) is 4.29. The lowest BCUT2D eigenvalue weighted by Gasteiger charge is -2.05. The van der Waals surface area contributed by atoms with Crippen molar-refractivity contribution < 1.29 is 9.53 Å². The van der Waals surface area contributed by atoms with Gasteiger partial charge in [-0.15, -0.1) is 0 Å². The van der Waals surface area contributed by atoms with Gasteiger partial charge in [-0.2, -0.15) is 0 Å². The van der Waals surface area contributed by atoms with E-state index in [1.807, 2.05) is 12.3 Å². The molecule has 0 spiro atoms. The van der Waals surface area contributed by atoms with Gasteiger partial charge in [-0.05, 0) is 25.0 Å². The van der Waals surface area contributed by atoms with Crippen molar-refractivity contribution in [3.05, 3.63) is 46.5 Å². The van der Waals surface area contributed by atoms with Crippen molar-refractivity contribution in [2.24, 2.45) is 0 Å². The maximum atomic E-state index is 12.0. The second-order valence-corrected chi connectivity index (χ2v) is 5.91. The molecule has 122 valence electrons. The standard InChI is InChI=1S/C17H16N4O3/c1-24-17(23)12-7-19-16(18)15-11(12)6-13(20-15)9-2-5-14(22)21(8-9)10-3-4-10/h2,5-8,10,20H,3-4H2,1H3,(H2,18,19). The van der Waals surface area contributed by atoms with Crippen molar-refractivity contribution in [2.75, 3.05) is 12.8 Å². The first kappa shape index (κ1) is 14.5. The number of carbonyl (C=O) groups is 1. The third kappa shape index (κ3) is 2.25. The second kappa shape index (κ2) is 5.23. The number of nitrogens with two attached hydrogens (primary N) is 1. The number of ether oxygens (including phenoxy) is 1. The van der Waals surface area contributed by atoms with Crippen LogP contribution in [0.25, 0.3) is 22.2 Å². The van der Waals surface area contributed by atoms with Crippen molar-refractivity contribution in [3.8, 4) is 11.3 Å². The minimum Gasteiger partial charge on any atom is -0.465 e. The Morgan fingerprint density at radius 2 is 2.21 bits per heavy atom. The zero-order chi connectivity index (χ0) is 16.8. The molecule has 3 N–H and O–H groups in total. The number of aromatic amines is 1. The number of rotatable bonds is 3. The molecule has 1 aliphatic rings. The zero-order valence-corrected chi connectivity index (χ0v) is 13.1. The van der Waals surface area contributed by atoms with Gasteiger partial charge in [-0.25, -0.2) is 9.78 Å². The number of pyridine rings is 2. The monoisotopic (exact) mass is 324 g/mol. The molecule has 3 aromatic heterocycles. The van der Waals surface area contributed by atoms with E-state index in [2.05, 4.69) is 9.97 Å². The first-order chi connectivity index (χ1) is 11.6. The van der Waals surface area contributed by atoms with E-state index in [4.69, 9.17) is 10.5 Å². The van der Waals surface area contributed by atoms with Crippen LogP contribution < -0.4 is 11.3 Å². The van der Waals surface area contributed by atoms with E-state index in [9.17, 15) is 9.59 Å². The Balaban J connectivity index is 1.89. The molecule has 0 aromatic carbocycles. The number of H-pyrrole nitrogens is 1. The molecule has 0 bridgehead atoms. The van der Waals surface area contributed by atoms with E-state index in [1.54, 1.807) is 16.7 Å². The van der Waals surface area contributed by atoms with Gasteiger partial charge in [-0.1, -0.05) is 0 Å². The van der Waals surface area contributed by atoms with Gasteiger partial charge in [0.15, 0.2) is 0 Å². The van der Waals surface area contributed by atoms with Gasteiger partial charge in [0, 0.05) is 41.1 Å². The molecular weight excluding hydrogens is 308 g/mol. The van der Waals surface area contributed by atoms with Crippen LogP contribution in [-0.2, 0) is 4.74 Å². The van der Waals surface area contributed by atoms with Crippen LogP contribution in [-0.4, -0.2) is 27.6 Å². The number of hydrogen-bond acceptors (Lipinski definition) is 5. The summed E-state index contributed by atoms with van der Waals surface area (Å²) in [6.07, 6.45) is 5.30. The molecule has 3 aromatic rings. The summed E-state index contributed by atoms with van der Waals surface area (Å²) in [6, 6.07) is 5.44. The summed E-state index contributed by atoms with van der Waals surface area (Å²) in [5, 5.41) is 0.647. The normalized spacial score (nSPS) is 14.0. The Morgan fingerprint density at radius 3 is 2.92 bits per heavy atom. The van der Waals surface area contributed by atoms with Gasteiger partial charge in [0.05, 0.1) is 18.2 Å². The van der Waals surface area contributed by atoms with E-state index >= 15 is 0 Å². The fourth-order valence-corrected chi connectivity index (χ4v) is 2.87. The van der Waals surface area contributed by atoms with Crippen LogP contribution in [0.1, 0.15) is 29.2 Å². The van der Waals surface area contributed by atoms with Gasteiger partial charge in [0.2, 0.25) is 0 Å². The van der Waals surface area contributed by atoms with Gasteiger partial charge in [0.1, 0.15) is 5.82 Å². The first-order valence-electron chi connectivity index (χ1n) is 7.66. The summed E-state index contributed by atoms with van der Waals surface area (Å²) in [5.74, 6) is -0.166. The fourth-order valence-electron chi connectivity index (χ4n) is 2.87. The predicted molar refractivity (Wildman–Crippen MR) is 89.8 cm³/mol. The van der Waals surface area contributed by atoms with Crippen molar-refractivity contribution in [1.29, 1.82) is 0 Å². The number of anilines is 1. The zero-order valence-electron chi connectivity index (χ0n) is 13.1. The van der Waals surface area contributed by atoms with Crippen LogP contribution in [0.5, 0.6) is 0 Å². The van der Waals surface area contributed by atoms with Crippen molar-refractivity contribution in [2.45, 2.75) is 18.9 Å². The summed E-state index contributed by atoms with van der Waals surface area (Å²) >= 11 is 0. The minimum absolute atomic E-state index is 0.00575. The number of carbonyl (C=O) groups excluding carboxylic acids is 1. The molecular formula is C17H16N4O3. The van der Waals surface area contributed by atoms with Gasteiger partial charge < -0.3 is 20.0 Å². The summed E-state index contributed by atoms with van der Waals surface area (Å²) in [6.45, 7) is 0. The number of hydrogen-bond donors (Lipinski definition) is 2. The average Bonchev–Trinajstić information content (AvgIpc) is 3.33. The van der Waals surface area contributed by atoms with Crippen LogP contribution in [0.3, 0.4) is 0 Å². The highest BCUT2D eigenvalue weighted by molar-refractivity contribution is 6.07. The minimum atomic E-state index is -0.471. The molecule has 1 aliphatic carbocycles. The van der Waals surface area contributed by atoms with Gasteiger partial charge >= 0.3 is 5.97 Å². The second-order valence-electron chi connectivity index (χ2n) is 5.91. The Labute approximate surface area is 137 Å². The summed E-state index contributed by atoms with van der Waals surface area (Å²) < 4.78 is 6.55. The molecule has 1 fully saturated rings. The number of nitrogen functional groups attached to an aromatic ring is 1. The van der Waals surface area contributed by atoms with Crippen molar-refractivity contribution in [1.82, 2.24) is 14.5 Å². The van der Waals surface area contributed by atoms with Crippen LogP contribution in [0.2, 0.25) is 0 Å². The Hall–Kier alpha value is -3.09. The maximum absolute atomic E-state index is 12.0. The quantitative estimate of drug-likeness (QED) is 0.718. The third-order valence-electron chi connectivity index (χ3n) is 4.29. The highest BCUT2D eigenvalue weighted by atomic mass is 16.5. The molecule has 0 atom stereocenters. The summed E-state index contributed by atoms with van der Waals surface area (Å²) in [5.41, 5.74) is 8.46. The van der Waals surface area contributed by atoms with E-state index in [1.165, 1.54) is 13.3 Å². The van der Waals surface area contributed by atoms with Gasteiger partial charge in [-0.3, -0.25) is 4.79 Å². The van der Waals surface area contributed by atoms with E-state index < -0.39 is 5.97 Å². The number of nitrogens with one attached hydrogen (secondary N) is 1. The van der Waals surface area contributed by atoms with Crippen LogP contribution >= 0.6 is 0 Å². The SMILES string of the molecule is COC(=O)c1cnc(N)c2[nH]c(-c3ccc(=O)n(C4CC4)c3)cc12. The molecule has 4 rings (SSSR count). The van der Waals surface area contributed by atoms with Crippen LogP contribution in [0, 0.1) is 0 Å². The molecule has 0 unspecified atom stereocenters. The Morgan fingerprint density at radius 1 is 1.42 bits per heavy atom. The number of fused-ring (bicyclic) bond motifs is 1. The largest absolute Gasteiger partial charge is 0.465 e. The number of aromatic nitrogens is 3. The molecule has 3 heterocycles. The topological polar surface area (TPSA) is 103 Å². The highest BCUT2D eigenvalue weighted by Crippen LogP contribution is 2.35. The Kier molecular flexibility index (Phi) is 3.16.